The molecule has 0 aliphatic heterocycles. The topological polar surface area (TPSA) is 35.2 Å². The predicted octanol–water partition coefficient (Wildman–Crippen LogP) is 3.67. The van der Waals surface area contributed by atoms with Crippen molar-refractivity contribution in [2.75, 3.05) is 0 Å². The van der Waals surface area contributed by atoms with Crippen molar-refractivity contribution < 1.29 is 4.74 Å². The van der Waals surface area contributed by atoms with E-state index in [-0.39, 0.29) is 12.1 Å². The third kappa shape index (κ3) is 3.85. The highest BCUT2D eigenvalue weighted by Crippen LogP contribution is 2.33. The van der Waals surface area contributed by atoms with E-state index >= 15 is 0 Å². The molecule has 1 aromatic rings. The van der Waals surface area contributed by atoms with Gasteiger partial charge in [-0.25, -0.2) is 0 Å². The number of rotatable bonds is 4. The van der Waals surface area contributed by atoms with Gasteiger partial charge in [0.2, 0.25) is 0 Å². The first-order chi connectivity index (χ1) is 7.40. The van der Waals surface area contributed by atoms with Gasteiger partial charge in [0, 0.05) is 11.1 Å². The molecule has 1 aromatic carbocycles. The van der Waals surface area contributed by atoms with Crippen LogP contribution in [0.3, 0.4) is 0 Å². The second-order valence-corrected chi connectivity index (χ2v) is 5.07. The van der Waals surface area contributed by atoms with Gasteiger partial charge in [-0.05, 0) is 44.9 Å². The van der Waals surface area contributed by atoms with Crippen LogP contribution in [0.25, 0.3) is 0 Å². The molecule has 0 fully saturated rings. The van der Waals surface area contributed by atoms with Crippen LogP contribution >= 0.6 is 23.2 Å². The van der Waals surface area contributed by atoms with Gasteiger partial charge in [-0.1, -0.05) is 23.2 Å². The molecule has 16 heavy (non-hydrogen) atoms. The van der Waals surface area contributed by atoms with E-state index in [1.54, 1.807) is 6.07 Å². The van der Waals surface area contributed by atoms with Crippen LogP contribution < -0.4 is 10.5 Å². The van der Waals surface area contributed by atoms with Crippen molar-refractivity contribution in [2.24, 2.45) is 5.73 Å². The molecule has 0 heterocycles. The molecule has 0 aromatic heterocycles. The van der Waals surface area contributed by atoms with Crippen LogP contribution in [0.15, 0.2) is 12.1 Å². The van der Waals surface area contributed by atoms with Gasteiger partial charge in [0.25, 0.3) is 0 Å². The Hall–Kier alpha value is -0.440. The third-order valence-corrected chi connectivity index (χ3v) is 2.48. The van der Waals surface area contributed by atoms with Crippen LogP contribution in [-0.4, -0.2) is 12.1 Å². The van der Waals surface area contributed by atoms with Crippen molar-refractivity contribution in [2.45, 2.75) is 39.3 Å². The standard InChI is InChI=1S/C12H17Cl2NO/c1-7(2)16-12-9(4-8(3)15)5-10(13)6-11(12)14/h5-8H,4,15H2,1-3H3. The van der Waals surface area contributed by atoms with Crippen LogP contribution in [0.2, 0.25) is 10.0 Å². The minimum absolute atomic E-state index is 0.0454. The zero-order valence-corrected chi connectivity index (χ0v) is 11.3. The molecular weight excluding hydrogens is 245 g/mol. The molecule has 0 saturated carbocycles. The van der Waals surface area contributed by atoms with Gasteiger partial charge in [-0.15, -0.1) is 0 Å². The summed E-state index contributed by atoms with van der Waals surface area (Å²) >= 11 is 12.1. The smallest absolute Gasteiger partial charge is 0.141 e. The first-order valence-electron chi connectivity index (χ1n) is 5.30. The summed E-state index contributed by atoms with van der Waals surface area (Å²) in [6, 6.07) is 3.59. The summed E-state index contributed by atoms with van der Waals surface area (Å²) in [5.74, 6) is 0.693. The van der Waals surface area contributed by atoms with Gasteiger partial charge < -0.3 is 10.5 Å². The van der Waals surface area contributed by atoms with Crippen molar-refractivity contribution in [3.8, 4) is 5.75 Å². The summed E-state index contributed by atoms with van der Waals surface area (Å²) in [6.07, 6.45) is 0.771. The summed E-state index contributed by atoms with van der Waals surface area (Å²) in [7, 11) is 0. The quantitative estimate of drug-likeness (QED) is 0.898. The van der Waals surface area contributed by atoms with E-state index in [1.807, 2.05) is 26.8 Å². The normalized spacial score (nSPS) is 12.9. The van der Waals surface area contributed by atoms with Crippen LogP contribution in [0, 0.1) is 0 Å². The first-order valence-corrected chi connectivity index (χ1v) is 6.06. The predicted molar refractivity (Wildman–Crippen MR) is 69.6 cm³/mol. The van der Waals surface area contributed by atoms with Gasteiger partial charge >= 0.3 is 0 Å². The van der Waals surface area contributed by atoms with E-state index in [4.69, 9.17) is 33.7 Å². The number of halogens is 2. The third-order valence-electron chi connectivity index (χ3n) is 1.98. The minimum Gasteiger partial charge on any atom is -0.489 e. The average molecular weight is 262 g/mol. The second-order valence-electron chi connectivity index (χ2n) is 4.22. The second kappa shape index (κ2) is 5.76. The minimum atomic E-state index is 0.0454. The number of hydrogen-bond donors (Lipinski definition) is 1. The van der Waals surface area contributed by atoms with Gasteiger partial charge in [-0.2, -0.15) is 0 Å². The average Bonchev–Trinajstić information content (AvgIpc) is 2.09. The molecule has 90 valence electrons. The van der Waals surface area contributed by atoms with E-state index in [9.17, 15) is 0 Å². The lowest BCUT2D eigenvalue weighted by Gasteiger charge is -2.17. The molecule has 1 rings (SSSR count). The lowest BCUT2D eigenvalue weighted by atomic mass is 10.1. The summed E-state index contributed by atoms with van der Waals surface area (Å²) in [5.41, 5.74) is 6.74. The molecule has 0 amide bonds. The van der Waals surface area contributed by atoms with E-state index in [0.29, 0.717) is 22.2 Å². The molecule has 0 aliphatic carbocycles. The maximum atomic E-state index is 6.11. The Morgan fingerprint density at radius 2 is 1.88 bits per heavy atom. The van der Waals surface area contributed by atoms with E-state index in [0.717, 1.165) is 5.56 Å². The van der Waals surface area contributed by atoms with Crippen molar-refractivity contribution in [1.82, 2.24) is 0 Å². The monoisotopic (exact) mass is 261 g/mol. The van der Waals surface area contributed by atoms with Crippen LogP contribution in [0.5, 0.6) is 5.75 Å². The molecule has 0 bridgehead atoms. The fraction of sp³-hybridized carbons (Fsp3) is 0.500. The molecular formula is C12H17Cl2NO. The lowest BCUT2D eigenvalue weighted by molar-refractivity contribution is 0.240. The van der Waals surface area contributed by atoms with E-state index < -0.39 is 0 Å². The van der Waals surface area contributed by atoms with Crippen LogP contribution in [0.4, 0.5) is 0 Å². The Labute approximate surface area is 107 Å². The van der Waals surface area contributed by atoms with E-state index in [1.165, 1.54) is 0 Å². The number of hydrogen-bond acceptors (Lipinski definition) is 2. The number of benzene rings is 1. The zero-order chi connectivity index (χ0) is 12.3. The summed E-state index contributed by atoms with van der Waals surface area (Å²) < 4.78 is 5.69. The van der Waals surface area contributed by atoms with Gasteiger partial charge in [0.15, 0.2) is 0 Å². The highest BCUT2D eigenvalue weighted by Gasteiger charge is 2.13. The SMILES string of the molecule is CC(N)Cc1cc(Cl)cc(Cl)c1OC(C)C. The van der Waals surface area contributed by atoms with E-state index in [2.05, 4.69) is 0 Å². The molecule has 0 saturated heterocycles. The largest absolute Gasteiger partial charge is 0.489 e. The maximum absolute atomic E-state index is 6.11. The highest BCUT2D eigenvalue weighted by atomic mass is 35.5. The fourth-order valence-corrected chi connectivity index (χ4v) is 2.06. The Balaban J connectivity index is 3.10. The molecule has 4 heteroatoms. The van der Waals surface area contributed by atoms with Gasteiger partial charge in [0.1, 0.15) is 5.75 Å². The molecule has 1 unspecified atom stereocenters. The summed E-state index contributed by atoms with van der Waals surface area (Å²) in [4.78, 5) is 0. The van der Waals surface area contributed by atoms with Crippen molar-refractivity contribution >= 4 is 23.2 Å². The number of nitrogens with two attached hydrogens (primary N) is 1. The maximum Gasteiger partial charge on any atom is 0.141 e. The number of ether oxygens (including phenoxy) is 1. The molecule has 1 atom stereocenters. The van der Waals surface area contributed by atoms with Crippen LogP contribution in [0.1, 0.15) is 26.3 Å². The fourth-order valence-electron chi connectivity index (χ4n) is 1.48. The van der Waals surface area contributed by atoms with Gasteiger partial charge in [0.05, 0.1) is 11.1 Å². The van der Waals surface area contributed by atoms with Crippen molar-refractivity contribution in [1.29, 1.82) is 0 Å². The van der Waals surface area contributed by atoms with Gasteiger partial charge in [-0.3, -0.25) is 0 Å². The molecule has 2 N–H and O–H groups in total. The molecule has 0 spiro atoms. The molecule has 2 nitrogen and oxygen atoms in total. The van der Waals surface area contributed by atoms with Crippen LogP contribution in [-0.2, 0) is 6.42 Å². The lowest BCUT2D eigenvalue weighted by Crippen LogP contribution is -2.19. The first kappa shape index (κ1) is 13.6. The Morgan fingerprint density at radius 1 is 1.25 bits per heavy atom. The summed E-state index contributed by atoms with van der Waals surface area (Å²) in [6.45, 7) is 5.86. The summed E-state index contributed by atoms with van der Waals surface area (Å²) in [5, 5.41) is 1.15. The van der Waals surface area contributed by atoms with Crippen molar-refractivity contribution in [3.05, 3.63) is 27.7 Å². The Kier molecular flexibility index (Phi) is 4.90. The molecule has 0 radical (unpaired) electrons. The van der Waals surface area contributed by atoms with Crippen molar-refractivity contribution in [3.63, 3.8) is 0 Å². The Morgan fingerprint density at radius 3 is 2.38 bits per heavy atom. The highest BCUT2D eigenvalue weighted by molar-refractivity contribution is 6.35. The zero-order valence-electron chi connectivity index (χ0n) is 9.76. The Bertz CT molecular complexity index is 364. The molecule has 0 aliphatic rings.